The molecule has 0 bridgehead atoms. The van der Waals surface area contributed by atoms with E-state index in [-0.39, 0.29) is 11.9 Å². The van der Waals surface area contributed by atoms with Crippen LogP contribution in [0.3, 0.4) is 0 Å². The summed E-state index contributed by atoms with van der Waals surface area (Å²) in [5.41, 5.74) is 1.93. The molecule has 3 rings (SSSR count). The van der Waals surface area contributed by atoms with Gasteiger partial charge in [-0.1, -0.05) is 30.3 Å². The van der Waals surface area contributed by atoms with Crippen LogP contribution in [0.15, 0.2) is 72.9 Å². The summed E-state index contributed by atoms with van der Waals surface area (Å²) in [5, 5.41) is 6.14. The van der Waals surface area contributed by atoms with Crippen LogP contribution in [0.2, 0.25) is 0 Å². The lowest BCUT2D eigenvalue weighted by atomic mass is 10.2. The maximum Gasteiger partial charge on any atom is 0.270 e. The van der Waals surface area contributed by atoms with Gasteiger partial charge in [0.05, 0.1) is 5.69 Å². The Labute approximate surface area is 153 Å². The molecule has 0 atom stereocenters. The molecule has 26 heavy (non-hydrogen) atoms. The lowest BCUT2D eigenvalue weighted by molar-refractivity contribution is 0.0938. The number of pyridine rings is 1. The highest BCUT2D eigenvalue weighted by Gasteiger charge is 2.10. The van der Waals surface area contributed by atoms with Crippen molar-refractivity contribution in [2.75, 3.05) is 5.32 Å². The van der Waals surface area contributed by atoms with Crippen molar-refractivity contribution in [2.24, 2.45) is 0 Å². The lowest BCUT2D eigenvalue weighted by Gasteiger charge is -2.14. The standard InChI is InChI=1S/C21H21N3O2/c1-15(2)23-21(25)19-14-16(12-13-22-19)24-18-10-6-7-11-20(18)26-17-8-4-3-5-9-17/h3-15H,1-2H3,(H,22,24)(H,23,25). The van der Waals surface area contributed by atoms with E-state index in [9.17, 15) is 4.79 Å². The number of hydrogen-bond donors (Lipinski definition) is 2. The minimum absolute atomic E-state index is 0.0564. The lowest BCUT2D eigenvalue weighted by Crippen LogP contribution is -2.30. The Morgan fingerprint density at radius 1 is 1.00 bits per heavy atom. The van der Waals surface area contributed by atoms with Gasteiger partial charge in [-0.05, 0) is 50.2 Å². The molecule has 1 amide bonds. The highest BCUT2D eigenvalue weighted by Crippen LogP contribution is 2.31. The number of anilines is 2. The number of aromatic nitrogens is 1. The molecule has 0 unspecified atom stereocenters. The van der Waals surface area contributed by atoms with E-state index in [1.54, 1.807) is 12.3 Å². The maximum atomic E-state index is 12.1. The zero-order valence-corrected chi connectivity index (χ0v) is 14.8. The van der Waals surface area contributed by atoms with Crippen LogP contribution in [-0.2, 0) is 0 Å². The first-order chi connectivity index (χ1) is 12.6. The van der Waals surface area contributed by atoms with Crippen LogP contribution < -0.4 is 15.4 Å². The third-order valence-electron chi connectivity index (χ3n) is 3.55. The third-order valence-corrected chi connectivity index (χ3v) is 3.55. The van der Waals surface area contributed by atoms with Crippen LogP contribution >= 0.6 is 0 Å². The third kappa shape index (κ3) is 4.60. The molecule has 0 aliphatic rings. The number of hydrogen-bond acceptors (Lipinski definition) is 4. The van der Waals surface area contributed by atoms with Gasteiger partial charge >= 0.3 is 0 Å². The monoisotopic (exact) mass is 347 g/mol. The van der Waals surface area contributed by atoms with Gasteiger partial charge in [-0.15, -0.1) is 0 Å². The number of amides is 1. The van der Waals surface area contributed by atoms with E-state index in [1.807, 2.05) is 74.5 Å². The van der Waals surface area contributed by atoms with Gasteiger partial charge in [-0.3, -0.25) is 9.78 Å². The summed E-state index contributed by atoms with van der Waals surface area (Å²) in [6.07, 6.45) is 1.61. The molecule has 0 saturated carbocycles. The van der Waals surface area contributed by atoms with Gasteiger partial charge in [0, 0.05) is 17.9 Å². The van der Waals surface area contributed by atoms with E-state index in [0.29, 0.717) is 11.4 Å². The van der Waals surface area contributed by atoms with E-state index in [1.165, 1.54) is 0 Å². The zero-order valence-electron chi connectivity index (χ0n) is 14.8. The topological polar surface area (TPSA) is 63.2 Å². The Morgan fingerprint density at radius 3 is 2.50 bits per heavy atom. The molecular formula is C21H21N3O2. The Balaban J connectivity index is 1.80. The van der Waals surface area contributed by atoms with E-state index < -0.39 is 0 Å². The van der Waals surface area contributed by atoms with Crippen LogP contribution in [0.5, 0.6) is 11.5 Å². The van der Waals surface area contributed by atoms with Crippen molar-refractivity contribution in [2.45, 2.75) is 19.9 Å². The number of nitrogens with zero attached hydrogens (tertiary/aromatic N) is 1. The molecule has 0 aliphatic heterocycles. The molecule has 132 valence electrons. The molecule has 0 saturated heterocycles. The number of benzene rings is 2. The predicted molar refractivity (Wildman–Crippen MR) is 103 cm³/mol. The average molecular weight is 347 g/mol. The van der Waals surface area contributed by atoms with Gasteiger partial charge in [0.2, 0.25) is 0 Å². The molecule has 0 fully saturated rings. The Bertz CT molecular complexity index is 879. The Hall–Kier alpha value is -3.34. The summed E-state index contributed by atoms with van der Waals surface area (Å²) in [6, 6.07) is 20.8. The molecule has 0 aliphatic carbocycles. The van der Waals surface area contributed by atoms with Gasteiger partial charge in [0.15, 0.2) is 5.75 Å². The molecular weight excluding hydrogens is 326 g/mol. The van der Waals surface area contributed by atoms with Crippen LogP contribution in [0.25, 0.3) is 0 Å². The quantitative estimate of drug-likeness (QED) is 0.675. The van der Waals surface area contributed by atoms with E-state index >= 15 is 0 Å². The van der Waals surface area contributed by atoms with Crippen molar-refractivity contribution in [1.29, 1.82) is 0 Å². The molecule has 1 aromatic heterocycles. The second kappa shape index (κ2) is 8.16. The first kappa shape index (κ1) is 17.5. The van der Waals surface area contributed by atoms with Crippen molar-refractivity contribution >= 4 is 17.3 Å². The van der Waals surface area contributed by atoms with Crippen LogP contribution in [0, 0.1) is 0 Å². The molecule has 2 N–H and O–H groups in total. The number of ether oxygens (including phenoxy) is 1. The molecule has 5 heteroatoms. The fraction of sp³-hybridized carbons (Fsp3) is 0.143. The van der Waals surface area contributed by atoms with Crippen LogP contribution in [0.4, 0.5) is 11.4 Å². The highest BCUT2D eigenvalue weighted by molar-refractivity contribution is 5.93. The molecule has 1 heterocycles. The van der Waals surface area contributed by atoms with Gasteiger partial charge in [-0.25, -0.2) is 0 Å². The minimum Gasteiger partial charge on any atom is -0.455 e. The van der Waals surface area contributed by atoms with Crippen molar-refractivity contribution in [3.8, 4) is 11.5 Å². The number of para-hydroxylation sites is 3. The number of nitrogens with one attached hydrogen (secondary N) is 2. The van der Waals surface area contributed by atoms with Crippen LogP contribution in [-0.4, -0.2) is 16.9 Å². The molecule has 2 aromatic carbocycles. The Morgan fingerprint density at radius 2 is 1.73 bits per heavy atom. The van der Waals surface area contributed by atoms with Gasteiger partial charge in [-0.2, -0.15) is 0 Å². The van der Waals surface area contributed by atoms with E-state index in [4.69, 9.17) is 4.74 Å². The SMILES string of the molecule is CC(C)NC(=O)c1cc(Nc2ccccc2Oc2ccccc2)ccn1. The first-order valence-corrected chi connectivity index (χ1v) is 8.47. The summed E-state index contributed by atoms with van der Waals surface area (Å²) in [5.74, 6) is 1.26. The summed E-state index contributed by atoms with van der Waals surface area (Å²) in [4.78, 5) is 16.3. The van der Waals surface area contributed by atoms with Gasteiger partial charge in [0.1, 0.15) is 11.4 Å². The number of rotatable bonds is 6. The largest absolute Gasteiger partial charge is 0.455 e. The molecule has 0 spiro atoms. The molecule has 0 radical (unpaired) electrons. The summed E-state index contributed by atoms with van der Waals surface area (Å²) >= 11 is 0. The smallest absolute Gasteiger partial charge is 0.270 e. The van der Waals surface area contributed by atoms with E-state index in [0.717, 1.165) is 17.1 Å². The first-order valence-electron chi connectivity index (χ1n) is 8.47. The van der Waals surface area contributed by atoms with Gasteiger partial charge < -0.3 is 15.4 Å². The van der Waals surface area contributed by atoms with Crippen molar-refractivity contribution in [1.82, 2.24) is 10.3 Å². The fourth-order valence-electron chi connectivity index (χ4n) is 2.40. The number of carbonyl (C=O) groups excluding carboxylic acids is 1. The highest BCUT2D eigenvalue weighted by atomic mass is 16.5. The van der Waals surface area contributed by atoms with Crippen molar-refractivity contribution < 1.29 is 9.53 Å². The average Bonchev–Trinajstić information content (AvgIpc) is 2.64. The summed E-state index contributed by atoms with van der Waals surface area (Å²) in [7, 11) is 0. The van der Waals surface area contributed by atoms with Crippen LogP contribution in [0.1, 0.15) is 24.3 Å². The summed E-state index contributed by atoms with van der Waals surface area (Å²) < 4.78 is 5.95. The summed E-state index contributed by atoms with van der Waals surface area (Å²) in [6.45, 7) is 3.83. The van der Waals surface area contributed by atoms with Gasteiger partial charge in [0.25, 0.3) is 5.91 Å². The second-order valence-electron chi connectivity index (χ2n) is 6.09. The maximum absolute atomic E-state index is 12.1. The van der Waals surface area contributed by atoms with Crippen molar-refractivity contribution in [3.05, 3.63) is 78.6 Å². The normalized spacial score (nSPS) is 10.4. The minimum atomic E-state index is -0.197. The second-order valence-corrected chi connectivity index (χ2v) is 6.09. The Kier molecular flexibility index (Phi) is 5.49. The zero-order chi connectivity index (χ0) is 18.4. The van der Waals surface area contributed by atoms with Crippen molar-refractivity contribution in [3.63, 3.8) is 0 Å². The predicted octanol–water partition coefficient (Wildman–Crippen LogP) is 4.76. The number of carbonyl (C=O) groups is 1. The molecule has 5 nitrogen and oxygen atoms in total. The fourth-order valence-corrected chi connectivity index (χ4v) is 2.40. The molecule has 3 aromatic rings. The van der Waals surface area contributed by atoms with E-state index in [2.05, 4.69) is 15.6 Å².